The average molecular weight is 245 g/mol. The van der Waals surface area contributed by atoms with Crippen LogP contribution < -0.4 is 5.73 Å². The highest BCUT2D eigenvalue weighted by Crippen LogP contribution is 2.35. The molecule has 0 aliphatic heterocycles. The van der Waals surface area contributed by atoms with Gasteiger partial charge in [-0.05, 0) is 23.5 Å². The smallest absolute Gasteiger partial charge is 0.0505 e. The molecule has 17 heavy (non-hydrogen) atoms. The Kier molecular flexibility index (Phi) is 3.00. The normalized spacial score (nSPS) is 11.8. The Hall–Kier alpha value is -1.28. The summed E-state index contributed by atoms with van der Waals surface area (Å²) in [6, 6.07) is 8.75. The summed E-state index contributed by atoms with van der Waals surface area (Å²) in [6.45, 7) is 8.80. The molecule has 0 atom stereocenters. The van der Waals surface area contributed by atoms with Crippen LogP contribution in [0.15, 0.2) is 29.6 Å². The molecule has 0 amide bonds. The van der Waals surface area contributed by atoms with Crippen LogP contribution in [0.5, 0.6) is 0 Å². The maximum Gasteiger partial charge on any atom is 0.0505 e. The summed E-state index contributed by atoms with van der Waals surface area (Å²) in [5, 5.41) is 2.02. The molecule has 1 aromatic heterocycles. The van der Waals surface area contributed by atoms with E-state index in [9.17, 15) is 0 Å². The molecule has 0 saturated heterocycles. The summed E-state index contributed by atoms with van der Waals surface area (Å²) >= 11 is 1.71. The second-order valence-electron chi connectivity index (χ2n) is 5.45. The van der Waals surface area contributed by atoms with Gasteiger partial charge in [0.1, 0.15) is 0 Å². The first kappa shape index (κ1) is 12.2. The second kappa shape index (κ2) is 4.19. The Morgan fingerprint density at radius 2 is 1.65 bits per heavy atom. The van der Waals surface area contributed by atoms with E-state index in [0.717, 1.165) is 5.69 Å². The Morgan fingerprint density at radius 1 is 1.06 bits per heavy atom. The van der Waals surface area contributed by atoms with Crippen LogP contribution in [0.1, 0.15) is 31.2 Å². The molecule has 0 fully saturated rings. The molecule has 1 aromatic carbocycles. The zero-order valence-electron chi connectivity index (χ0n) is 10.9. The van der Waals surface area contributed by atoms with E-state index in [4.69, 9.17) is 5.73 Å². The molecule has 0 radical (unpaired) electrons. The van der Waals surface area contributed by atoms with Gasteiger partial charge in [-0.3, -0.25) is 0 Å². The Bertz CT molecular complexity index is 495. The minimum absolute atomic E-state index is 0.202. The number of thiophene rings is 1. The predicted molar refractivity (Wildman–Crippen MR) is 77.6 cm³/mol. The van der Waals surface area contributed by atoms with Gasteiger partial charge in [0.25, 0.3) is 0 Å². The number of hydrogen-bond donors (Lipinski definition) is 1. The molecule has 1 nitrogen and oxygen atoms in total. The topological polar surface area (TPSA) is 26.0 Å². The predicted octanol–water partition coefficient (Wildman–Crippen LogP) is 4.60. The number of anilines is 1. The van der Waals surface area contributed by atoms with Crippen LogP contribution in [0.25, 0.3) is 11.1 Å². The van der Waals surface area contributed by atoms with Crippen molar-refractivity contribution in [3.05, 3.63) is 40.1 Å². The standard InChI is InChI=1S/C15H19NS/c1-10-14(13(16)9-17-10)11-5-7-12(8-6-11)15(2,3)4/h5-9H,16H2,1-4H3. The fraction of sp³-hybridized carbons (Fsp3) is 0.333. The van der Waals surface area contributed by atoms with Gasteiger partial charge < -0.3 is 5.73 Å². The first-order valence-electron chi connectivity index (χ1n) is 5.84. The van der Waals surface area contributed by atoms with Crippen molar-refractivity contribution >= 4 is 17.0 Å². The van der Waals surface area contributed by atoms with Gasteiger partial charge in [-0.25, -0.2) is 0 Å². The van der Waals surface area contributed by atoms with Crippen molar-refractivity contribution in [2.45, 2.75) is 33.1 Å². The largest absolute Gasteiger partial charge is 0.398 e. The molecule has 0 saturated carbocycles. The molecular weight excluding hydrogens is 226 g/mol. The first-order valence-corrected chi connectivity index (χ1v) is 6.72. The molecule has 1 heterocycles. The summed E-state index contributed by atoms with van der Waals surface area (Å²) in [5.74, 6) is 0. The van der Waals surface area contributed by atoms with Crippen molar-refractivity contribution in [1.82, 2.24) is 0 Å². The summed E-state index contributed by atoms with van der Waals surface area (Å²) in [5.41, 5.74) is 10.9. The van der Waals surface area contributed by atoms with Gasteiger partial charge >= 0.3 is 0 Å². The van der Waals surface area contributed by atoms with E-state index in [-0.39, 0.29) is 5.41 Å². The molecule has 2 N–H and O–H groups in total. The zero-order chi connectivity index (χ0) is 12.6. The molecule has 0 aliphatic rings. The maximum atomic E-state index is 6.01. The minimum Gasteiger partial charge on any atom is -0.398 e. The van der Waals surface area contributed by atoms with Crippen molar-refractivity contribution in [2.75, 3.05) is 5.73 Å². The molecule has 0 unspecified atom stereocenters. The second-order valence-corrected chi connectivity index (χ2v) is 6.53. The number of aryl methyl sites for hydroxylation is 1. The van der Waals surface area contributed by atoms with Crippen LogP contribution in [-0.2, 0) is 5.41 Å². The fourth-order valence-corrected chi connectivity index (χ4v) is 2.75. The van der Waals surface area contributed by atoms with E-state index in [1.54, 1.807) is 11.3 Å². The highest BCUT2D eigenvalue weighted by atomic mass is 32.1. The van der Waals surface area contributed by atoms with Crippen LogP contribution in [0, 0.1) is 6.92 Å². The highest BCUT2D eigenvalue weighted by molar-refractivity contribution is 7.11. The van der Waals surface area contributed by atoms with E-state index in [2.05, 4.69) is 52.0 Å². The Labute approximate surface area is 107 Å². The average Bonchev–Trinajstić information content (AvgIpc) is 2.58. The molecule has 2 aromatic rings. The quantitative estimate of drug-likeness (QED) is 0.780. The van der Waals surface area contributed by atoms with Crippen LogP contribution in [0.3, 0.4) is 0 Å². The number of nitrogens with two attached hydrogens (primary N) is 1. The van der Waals surface area contributed by atoms with Gasteiger partial charge in [-0.1, -0.05) is 45.0 Å². The van der Waals surface area contributed by atoms with Crippen molar-refractivity contribution in [2.24, 2.45) is 0 Å². The van der Waals surface area contributed by atoms with Crippen molar-refractivity contribution < 1.29 is 0 Å². The van der Waals surface area contributed by atoms with Crippen LogP contribution in [0.2, 0.25) is 0 Å². The SMILES string of the molecule is Cc1scc(N)c1-c1ccc(C(C)(C)C)cc1. The lowest BCUT2D eigenvalue weighted by Crippen LogP contribution is -2.10. The first-order chi connectivity index (χ1) is 7.89. The third-order valence-corrected chi connectivity index (χ3v) is 3.97. The Balaban J connectivity index is 2.43. The molecule has 2 rings (SSSR count). The van der Waals surface area contributed by atoms with Crippen molar-refractivity contribution in [1.29, 1.82) is 0 Å². The van der Waals surface area contributed by atoms with Crippen LogP contribution in [-0.4, -0.2) is 0 Å². The minimum atomic E-state index is 0.202. The number of benzene rings is 1. The fourth-order valence-electron chi connectivity index (χ4n) is 1.98. The van der Waals surface area contributed by atoms with Gasteiger partial charge in [0.15, 0.2) is 0 Å². The van der Waals surface area contributed by atoms with Gasteiger partial charge in [-0.2, -0.15) is 0 Å². The third-order valence-electron chi connectivity index (χ3n) is 3.04. The van der Waals surface area contributed by atoms with Gasteiger partial charge in [0.2, 0.25) is 0 Å². The summed E-state index contributed by atoms with van der Waals surface area (Å²) in [4.78, 5) is 1.28. The van der Waals surface area contributed by atoms with E-state index in [1.807, 2.05) is 5.38 Å². The van der Waals surface area contributed by atoms with Crippen LogP contribution >= 0.6 is 11.3 Å². The monoisotopic (exact) mass is 245 g/mol. The van der Waals surface area contributed by atoms with Gasteiger partial charge in [-0.15, -0.1) is 11.3 Å². The molecule has 90 valence electrons. The highest BCUT2D eigenvalue weighted by Gasteiger charge is 2.14. The molecular formula is C15H19NS. The van der Waals surface area contributed by atoms with E-state index in [0.29, 0.717) is 0 Å². The zero-order valence-corrected chi connectivity index (χ0v) is 11.7. The third kappa shape index (κ3) is 2.37. The van der Waals surface area contributed by atoms with Crippen molar-refractivity contribution in [3.63, 3.8) is 0 Å². The maximum absolute atomic E-state index is 6.01. The van der Waals surface area contributed by atoms with E-state index >= 15 is 0 Å². The number of rotatable bonds is 1. The van der Waals surface area contributed by atoms with Crippen LogP contribution in [0.4, 0.5) is 5.69 Å². The molecule has 0 spiro atoms. The van der Waals surface area contributed by atoms with Crippen molar-refractivity contribution in [3.8, 4) is 11.1 Å². The van der Waals surface area contributed by atoms with E-state index < -0.39 is 0 Å². The number of nitrogen functional groups attached to an aromatic ring is 1. The summed E-state index contributed by atoms with van der Waals surface area (Å²) in [6.07, 6.45) is 0. The number of hydrogen-bond acceptors (Lipinski definition) is 2. The lowest BCUT2D eigenvalue weighted by molar-refractivity contribution is 0.590. The summed E-state index contributed by atoms with van der Waals surface area (Å²) in [7, 11) is 0. The summed E-state index contributed by atoms with van der Waals surface area (Å²) < 4.78 is 0. The lowest BCUT2D eigenvalue weighted by Gasteiger charge is -2.19. The molecule has 2 heteroatoms. The van der Waals surface area contributed by atoms with Gasteiger partial charge in [0.05, 0.1) is 5.69 Å². The Morgan fingerprint density at radius 3 is 2.06 bits per heavy atom. The molecule has 0 aliphatic carbocycles. The lowest BCUT2D eigenvalue weighted by atomic mass is 9.86. The van der Waals surface area contributed by atoms with Gasteiger partial charge in [0, 0.05) is 15.8 Å². The molecule has 0 bridgehead atoms. The van der Waals surface area contributed by atoms with E-state index in [1.165, 1.54) is 21.6 Å².